The molecular weight excluding hydrogens is 316 g/mol. The Morgan fingerprint density at radius 2 is 2.08 bits per heavy atom. The first kappa shape index (κ1) is 17.8. The van der Waals surface area contributed by atoms with Crippen LogP contribution in [0.4, 0.5) is 0 Å². The smallest absolute Gasteiger partial charge is 0.248 e. The molecule has 2 aliphatic rings. The number of nitrogens with two attached hydrogens (primary N) is 1. The maximum Gasteiger partial charge on any atom is 0.248 e. The second kappa shape index (κ2) is 8.36. The van der Waals surface area contributed by atoms with E-state index < -0.39 is 5.79 Å². The highest BCUT2D eigenvalue weighted by Crippen LogP contribution is 2.18. The first-order valence-electron chi connectivity index (χ1n) is 9.12. The Kier molecular flexibility index (Phi) is 5.94. The van der Waals surface area contributed by atoms with E-state index in [1.54, 1.807) is 6.20 Å². The van der Waals surface area contributed by atoms with Crippen molar-refractivity contribution < 1.29 is 9.53 Å². The molecule has 2 aliphatic heterocycles. The summed E-state index contributed by atoms with van der Waals surface area (Å²) in [6, 6.07) is 8.31. The fourth-order valence-corrected chi connectivity index (χ4v) is 3.35. The Morgan fingerprint density at radius 1 is 1.24 bits per heavy atom. The van der Waals surface area contributed by atoms with Crippen LogP contribution in [0.15, 0.2) is 36.5 Å². The van der Waals surface area contributed by atoms with Gasteiger partial charge >= 0.3 is 0 Å². The molecule has 6 heteroatoms. The molecule has 6 nitrogen and oxygen atoms in total. The van der Waals surface area contributed by atoms with Crippen LogP contribution < -0.4 is 21.1 Å². The number of carbonyl (C=O) groups is 1. The first-order chi connectivity index (χ1) is 12.1. The van der Waals surface area contributed by atoms with Crippen LogP contribution in [0.5, 0.6) is 5.75 Å². The van der Waals surface area contributed by atoms with Gasteiger partial charge in [-0.05, 0) is 50.0 Å². The van der Waals surface area contributed by atoms with E-state index in [0.717, 1.165) is 18.7 Å². The molecule has 0 spiro atoms. The SMILES string of the molecule is NC1(CCCOc2cccc(CN3CCCCC3)c2)NC=CC(=O)N1. The van der Waals surface area contributed by atoms with Crippen molar-refractivity contribution in [3.8, 4) is 5.75 Å². The van der Waals surface area contributed by atoms with E-state index >= 15 is 0 Å². The van der Waals surface area contributed by atoms with Crippen molar-refractivity contribution >= 4 is 5.91 Å². The molecule has 25 heavy (non-hydrogen) atoms. The lowest BCUT2D eigenvalue weighted by atomic mass is 10.1. The van der Waals surface area contributed by atoms with E-state index in [1.165, 1.54) is 44.0 Å². The van der Waals surface area contributed by atoms with Gasteiger partial charge in [0.2, 0.25) is 5.91 Å². The van der Waals surface area contributed by atoms with Gasteiger partial charge in [-0.25, -0.2) is 0 Å². The van der Waals surface area contributed by atoms with Crippen molar-refractivity contribution in [3.05, 3.63) is 42.1 Å². The van der Waals surface area contributed by atoms with E-state index in [-0.39, 0.29) is 5.91 Å². The van der Waals surface area contributed by atoms with Crippen LogP contribution in [0.25, 0.3) is 0 Å². The fourth-order valence-electron chi connectivity index (χ4n) is 3.35. The van der Waals surface area contributed by atoms with Gasteiger partial charge in [0.25, 0.3) is 0 Å². The van der Waals surface area contributed by atoms with Crippen molar-refractivity contribution in [2.24, 2.45) is 5.73 Å². The number of nitrogens with one attached hydrogen (secondary N) is 2. The predicted molar refractivity (Wildman–Crippen MR) is 97.6 cm³/mol. The number of nitrogens with zero attached hydrogens (tertiary/aromatic N) is 1. The Bertz CT molecular complexity index is 613. The third-order valence-corrected chi connectivity index (χ3v) is 4.66. The lowest BCUT2D eigenvalue weighted by Crippen LogP contribution is -2.65. The molecule has 4 N–H and O–H groups in total. The summed E-state index contributed by atoms with van der Waals surface area (Å²) in [5, 5.41) is 5.71. The summed E-state index contributed by atoms with van der Waals surface area (Å²) in [5.74, 6) is -0.167. The highest BCUT2D eigenvalue weighted by Gasteiger charge is 2.26. The molecule has 1 aromatic carbocycles. The molecular formula is C19H28N4O2. The number of likely N-dealkylation sites (tertiary alicyclic amines) is 1. The zero-order valence-electron chi connectivity index (χ0n) is 14.7. The van der Waals surface area contributed by atoms with Crippen LogP contribution in [0.2, 0.25) is 0 Å². The number of carbonyl (C=O) groups excluding carboxylic acids is 1. The van der Waals surface area contributed by atoms with Crippen molar-refractivity contribution in [1.82, 2.24) is 15.5 Å². The number of hydrogen-bond donors (Lipinski definition) is 3. The van der Waals surface area contributed by atoms with E-state index in [0.29, 0.717) is 13.0 Å². The Morgan fingerprint density at radius 3 is 2.88 bits per heavy atom. The Labute approximate surface area is 149 Å². The summed E-state index contributed by atoms with van der Waals surface area (Å²) in [6.07, 6.45) is 8.31. The highest BCUT2D eigenvalue weighted by molar-refractivity contribution is 5.88. The Balaban J connectivity index is 1.43. The number of piperidine rings is 1. The van der Waals surface area contributed by atoms with Gasteiger partial charge in [-0.3, -0.25) is 15.4 Å². The van der Waals surface area contributed by atoms with Crippen molar-refractivity contribution in [2.45, 2.75) is 44.4 Å². The Hall–Kier alpha value is -2.05. The molecule has 0 aliphatic carbocycles. The molecule has 3 rings (SSSR count). The topological polar surface area (TPSA) is 79.6 Å². The summed E-state index contributed by atoms with van der Waals surface area (Å²) >= 11 is 0. The number of ether oxygens (including phenoxy) is 1. The summed E-state index contributed by atoms with van der Waals surface area (Å²) in [4.78, 5) is 13.9. The van der Waals surface area contributed by atoms with E-state index in [9.17, 15) is 4.79 Å². The normalized spacial score (nSPS) is 23.8. The molecule has 1 saturated heterocycles. The van der Waals surface area contributed by atoms with Gasteiger partial charge in [-0.2, -0.15) is 0 Å². The molecule has 0 saturated carbocycles. The van der Waals surface area contributed by atoms with Crippen LogP contribution in [0.1, 0.15) is 37.7 Å². The van der Waals surface area contributed by atoms with Gasteiger partial charge in [0.15, 0.2) is 5.79 Å². The monoisotopic (exact) mass is 344 g/mol. The summed E-state index contributed by atoms with van der Waals surface area (Å²) in [7, 11) is 0. The summed E-state index contributed by atoms with van der Waals surface area (Å²) in [6.45, 7) is 3.94. The molecule has 1 amide bonds. The van der Waals surface area contributed by atoms with Gasteiger partial charge in [0.1, 0.15) is 5.75 Å². The standard InChI is InChI=1S/C19H28N4O2/c20-19(21-10-8-18(24)22-19)9-5-13-25-17-7-4-6-16(14-17)15-23-11-2-1-3-12-23/h4,6-8,10,14,21H,1-3,5,9,11-13,15,20H2,(H,22,24). The van der Waals surface area contributed by atoms with Crippen molar-refractivity contribution in [3.63, 3.8) is 0 Å². The molecule has 0 radical (unpaired) electrons. The summed E-state index contributed by atoms with van der Waals surface area (Å²) < 4.78 is 5.87. The number of hydrogen-bond acceptors (Lipinski definition) is 5. The van der Waals surface area contributed by atoms with Crippen molar-refractivity contribution in [2.75, 3.05) is 19.7 Å². The van der Waals surface area contributed by atoms with E-state index in [4.69, 9.17) is 10.5 Å². The zero-order chi connectivity index (χ0) is 17.5. The second-order valence-electron chi connectivity index (χ2n) is 6.87. The molecule has 1 fully saturated rings. The van der Waals surface area contributed by atoms with Crippen LogP contribution in [-0.4, -0.2) is 36.3 Å². The van der Waals surface area contributed by atoms with Gasteiger partial charge in [-0.1, -0.05) is 18.6 Å². The van der Waals surface area contributed by atoms with Crippen LogP contribution >= 0.6 is 0 Å². The number of amides is 1. The van der Waals surface area contributed by atoms with Crippen LogP contribution in [0.3, 0.4) is 0 Å². The van der Waals surface area contributed by atoms with Crippen LogP contribution in [-0.2, 0) is 11.3 Å². The zero-order valence-corrected chi connectivity index (χ0v) is 14.7. The summed E-state index contributed by atoms with van der Waals surface area (Å²) in [5.41, 5.74) is 7.39. The second-order valence-corrected chi connectivity index (χ2v) is 6.87. The fraction of sp³-hybridized carbons (Fsp3) is 0.526. The molecule has 2 heterocycles. The van der Waals surface area contributed by atoms with Crippen LogP contribution in [0, 0.1) is 0 Å². The van der Waals surface area contributed by atoms with Gasteiger partial charge < -0.3 is 15.4 Å². The quantitative estimate of drug-likeness (QED) is 0.656. The van der Waals surface area contributed by atoms with Gasteiger partial charge in [-0.15, -0.1) is 0 Å². The lowest BCUT2D eigenvalue weighted by Gasteiger charge is -2.33. The van der Waals surface area contributed by atoms with Crippen molar-refractivity contribution in [1.29, 1.82) is 0 Å². The minimum absolute atomic E-state index is 0.174. The van der Waals surface area contributed by atoms with E-state index in [2.05, 4.69) is 27.7 Å². The van der Waals surface area contributed by atoms with Gasteiger partial charge in [0.05, 0.1) is 6.61 Å². The largest absolute Gasteiger partial charge is 0.494 e. The van der Waals surface area contributed by atoms with Gasteiger partial charge in [0, 0.05) is 25.2 Å². The molecule has 1 aromatic rings. The minimum atomic E-state index is -0.884. The molecule has 1 atom stereocenters. The predicted octanol–water partition coefficient (Wildman–Crippen LogP) is 1.68. The molecule has 1 unspecified atom stereocenters. The maximum atomic E-state index is 11.4. The minimum Gasteiger partial charge on any atom is -0.494 e. The highest BCUT2D eigenvalue weighted by atomic mass is 16.5. The van der Waals surface area contributed by atoms with E-state index in [1.807, 2.05) is 12.1 Å². The number of benzene rings is 1. The lowest BCUT2D eigenvalue weighted by molar-refractivity contribution is -0.119. The molecule has 136 valence electrons. The molecule has 0 aromatic heterocycles. The third kappa shape index (κ3) is 5.47. The number of rotatable bonds is 7. The maximum absolute atomic E-state index is 11.4. The average molecular weight is 344 g/mol. The molecule has 0 bridgehead atoms. The first-order valence-corrected chi connectivity index (χ1v) is 9.12. The third-order valence-electron chi connectivity index (χ3n) is 4.66. The average Bonchev–Trinajstić information content (AvgIpc) is 2.60.